The number of rotatable bonds is 8. The van der Waals surface area contributed by atoms with Gasteiger partial charge in [-0.2, -0.15) is 10.2 Å². The van der Waals surface area contributed by atoms with Crippen molar-refractivity contribution in [3.05, 3.63) is 66.1 Å². The van der Waals surface area contributed by atoms with Gasteiger partial charge in [-0.3, -0.25) is 4.79 Å². The fraction of sp³-hybridized carbons (Fsp3) is 0.217. The van der Waals surface area contributed by atoms with Gasteiger partial charge in [-0.05, 0) is 55.5 Å². The Balaban J connectivity index is 1.78. The lowest BCUT2D eigenvalue weighted by molar-refractivity contribution is -0.0964. The van der Waals surface area contributed by atoms with Crippen LogP contribution in [-0.2, 0) is 0 Å². The van der Waals surface area contributed by atoms with E-state index in [1.54, 1.807) is 12.1 Å². The molecule has 0 fully saturated rings. The summed E-state index contributed by atoms with van der Waals surface area (Å²) in [5.74, 6) is -1.53. The molecule has 2 aromatic carbocycles. The van der Waals surface area contributed by atoms with E-state index in [0.717, 1.165) is 4.57 Å². The maximum atomic E-state index is 13.8. The van der Waals surface area contributed by atoms with Crippen LogP contribution in [0.15, 0.2) is 54.7 Å². The van der Waals surface area contributed by atoms with Crippen molar-refractivity contribution in [1.29, 1.82) is 0 Å². The van der Waals surface area contributed by atoms with Crippen LogP contribution in [-0.4, -0.2) is 37.9 Å². The standard InChI is InChI=1S/C23H17ClF5N5O2/c1-12(11-25)34-19-16(17-3-2-8-30-33-17)9-13(10-18(19)32-21(34)20(26)27)22(35)31-14-4-6-15(7-5-14)36-23(24,28)29/h2-10,12,20H,11H2,1H3,(H,31,35)/t12-/m0/s1. The lowest BCUT2D eigenvalue weighted by atomic mass is 10.0. The molecule has 0 saturated carbocycles. The van der Waals surface area contributed by atoms with Crippen LogP contribution in [0.25, 0.3) is 22.3 Å². The van der Waals surface area contributed by atoms with E-state index in [1.807, 2.05) is 0 Å². The highest BCUT2D eigenvalue weighted by Crippen LogP contribution is 2.35. The molecule has 0 bridgehead atoms. The van der Waals surface area contributed by atoms with Gasteiger partial charge in [-0.1, -0.05) is 0 Å². The van der Waals surface area contributed by atoms with Crippen LogP contribution >= 0.6 is 11.6 Å². The molecule has 0 spiro atoms. The molecule has 0 aliphatic rings. The number of amides is 1. The topological polar surface area (TPSA) is 81.9 Å². The Morgan fingerprint density at radius 1 is 1.19 bits per heavy atom. The molecule has 0 aliphatic carbocycles. The zero-order chi connectivity index (χ0) is 26.0. The monoisotopic (exact) mass is 525 g/mol. The quantitative estimate of drug-likeness (QED) is 0.213. The van der Waals surface area contributed by atoms with Gasteiger partial charge in [-0.25, -0.2) is 18.2 Å². The molecule has 1 N–H and O–H groups in total. The van der Waals surface area contributed by atoms with E-state index in [2.05, 4.69) is 25.2 Å². The van der Waals surface area contributed by atoms with E-state index in [4.69, 9.17) is 11.6 Å². The third-order valence-corrected chi connectivity index (χ3v) is 5.21. The van der Waals surface area contributed by atoms with Gasteiger partial charge in [0.2, 0.25) is 0 Å². The smallest absolute Gasteiger partial charge is 0.420 e. The number of anilines is 1. The van der Waals surface area contributed by atoms with Crippen molar-refractivity contribution >= 4 is 34.2 Å². The van der Waals surface area contributed by atoms with Gasteiger partial charge in [0.05, 0.1) is 22.8 Å². The van der Waals surface area contributed by atoms with E-state index >= 15 is 0 Å². The summed E-state index contributed by atoms with van der Waals surface area (Å²) in [6.07, 6.45) is -1.59. The van der Waals surface area contributed by atoms with E-state index in [0.29, 0.717) is 0 Å². The number of aromatic nitrogens is 4. The Labute approximate surface area is 205 Å². The Morgan fingerprint density at radius 2 is 1.92 bits per heavy atom. The maximum Gasteiger partial charge on any atom is 0.487 e. The van der Waals surface area contributed by atoms with E-state index in [1.165, 1.54) is 49.5 Å². The van der Waals surface area contributed by atoms with E-state index in [9.17, 15) is 26.7 Å². The Morgan fingerprint density at radius 3 is 2.50 bits per heavy atom. The molecule has 36 heavy (non-hydrogen) atoms. The minimum absolute atomic E-state index is 0.0343. The molecule has 2 aromatic heterocycles. The summed E-state index contributed by atoms with van der Waals surface area (Å²) >= 11 is 4.74. The number of carbonyl (C=O) groups is 1. The first-order valence-electron chi connectivity index (χ1n) is 10.4. The fourth-order valence-corrected chi connectivity index (χ4v) is 3.72. The van der Waals surface area contributed by atoms with Gasteiger partial charge in [0.25, 0.3) is 12.3 Å². The van der Waals surface area contributed by atoms with Crippen molar-refractivity contribution in [3.8, 4) is 17.0 Å². The summed E-state index contributed by atoms with van der Waals surface area (Å²) < 4.78 is 72.1. The molecular formula is C23H17ClF5N5O2. The third-order valence-electron chi connectivity index (χ3n) is 5.13. The van der Waals surface area contributed by atoms with E-state index < -0.39 is 36.4 Å². The summed E-state index contributed by atoms with van der Waals surface area (Å²) in [5.41, 5.74) is -2.91. The number of benzene rings is 2. The minimum atomic E-state index is -3.89. The van der Waals surface area contributed by atoms with Gasteiger partial charge in [-0.15, -0.1) is 8.78 Å². The van der Waals surface area contributed by atoms with Gasteiger partial charge in [0.15, 0.2) is 5.82 Å². The van der Waals surface area contributed by atoms with Crippen LogP contribution in [0.5, 0.6) is 5.75 Å². The second kappa shape index (κ2) is 10.1. The number of halogens is 6. The molecule has 0 radical (unpaired) electrons. The highest BCUT2D eigenvalue weighted by Gasteiger charge is 2.28. The molecule has 1 atom stereocenters. The number of carbonyl (C=O) groups excluding carboxylic acids is 1. The van der Waals surface area contributed by atoms with Crippen molar-refractivity contribution in [3.63, 3.8) is 0 Å². The van der Waals surface area contributed by atoms with Crippen LogP contribution < -0.4 is 10.1 Å². The molecular weight excluding hydrogens is 509 g/mol. The van der Waals surface area contributed by atoms with Crippen molar-refractivity contribution in [2.75, 3.05) is 12.0 Å². The molecule has 0 aliphatic heterocycles. The fourth-order valence-electron chi connectivity index (χ4n) is 3.63. The Hall–Kier alpha value is -3.80. The molecule has 188 valence electrons. The predicted molar refractivity (Wildman–Crippen MR) is 122 cm³/mol. The Bertz CT molecular complexity index is 1380. The molecule has 1 amide bonds. The highest BCUT2D eigenvalue weighted by molar-refractivity contribution is 6.20. The second-order valence-corrected chi connectivity index (χ2v) is 8.11. The lowest BCUT2D eigenvalue weighted by Crippen LogP contribution is -2.16. The molecule has 0 saturated heterocycles. The van der Waals surface area contributed by atoms with Crippen LogP contribution in [0.1, 0.15) is 35.6 Å². The number of nitrogens with zero attached hydrogens (tertiary/aromatic N) is 4. The molecule has 0 unspecified atom stereocenters. The maximum absolute atomic E-state index is 13.8. The average molecular weight is 526 g/mol. The van der Waals surface area contributed by atoms with Gasteiger partial charge >= 0.3 is 5.57 Å². The van der Waals surface area contributed by atoms with Crippen molar-refractivity contribution in [1.82, 2.24) is 19.7 Å². The van der Waals surface area contributed by atoms with Crippen LogP contribution in [0, 0.1) is 0 Å². The highest BCUT2D eigenvalue weighted by atomic mass is 35.5. The van der Waals surface area contributed by atoms with Crippen LogP contribution in [0.3, 0.4) is 0 Å². The van der Waals surface area contributed by atoms with Crippen molar-refractivity contribution in [2.45, 2.75) is 25.0 Å². The molecule has 4 aromatic rings. The predicted octanol–water partition coefficient (Wildman–Crippen LogP) is 6.38. The minimum Gasteiger partial charge on any atom is -0.420 e. The zero-order valence-electron chi connectivity index (χ0n) is 18.4. The first-order valence-corrected chi connectivity index (χ1v) is 10.8. The molecule has 2 heterocycles. The first kappa shape index (κ1) is 25.3. The van der Waals surface area contributed by atoms with Gasteiger partial charge in [0.1, 0.15) is 12.4 Å². The van der Waals surface area contributed by atoms with Crippen molar-refractivity contribution in [2.24, 2.45) is 0 Å². The number of imidazole rings is 1. The average Bonchev–Trinajstić information content (AvgIpc) is 3.24. The normalized spacial score (nSPS) is 12.7. The van der Waals surface area contributed by atoms with Gasteiger partial charge < -0.3 is 14.6 Å². The zero-order valence-corrected chi connectivity index (χ0v) is 19.2. The summed E-state index contributed by atoms with van der Waals surface area (Å²) in [6.45, 7) is 0.504. The summed E-state index contributed by atoms with van der Waals surface area (Å²) in [6, 6.07) is 9.85. The summed E-state index contributed by atoms with van der Waals surface area (Å²) in [4.78, 5) is 17.0. The van der Waals surface area contributed by atoms with E-state index in [-0.39, 0.29) is 39.3 Å². The number of nitrogens with one attached hydrogen (secondary N) is 1. The number of alkyl halides is 6. The number of hydrogen-bond donors (Lipinski definition) is 1. The first-order chi connectivity index (χ1) is 17.1. The summed E-state index contributed by atoms with van der Waals surface area (Å²) in [5, 5.41) is 10.4. The van der Waals surface area contributed by atoms with Gasteiger partial charge in [0, 0.05) is 34.6 Å². The Kier molecular flexibility index (Phi) is 7.07. The lowest BCUT2D eigenvalue weighted by Gasteiger charge is -2.16. The second-order valence-electron chi connectivity index (χ2n) is 7.67. The summed E-state index contributed by atoms with van der Waals surface area (Å²) in [7, 11) is 0. The number of ether oxygens (including phenoxy) is 1. The molecule has 4 rings (SSSR count). The van der Waals surface area contributed by atoms with Crippen LogP contribution in [0.2, 0.25) is 0 Å². The number of fused-ring (bicyclic) bond motifs is 1. The number of hydrogen-bond acceptors (Lipinski definition) is 5. The molecule has 7 nitrogen and oxygen atoms in total. The molecule has 13 heteroatoms. The SMILES string of the molecule is C[C@@H](CF)n1c(C(F)F)nc2cc(C(=O)Nc3ccc(OC(F)(F)Cl)cc3)cc(-c3cccnn3)c21. The van der Waals surface area contributed by atoms with Crippen molar-refractivity contribution < 1.29 is 31.5 Å². The third kappa shape index (κ3) is 5.38. The largest absolute Gasteiger partial charge is 0.487 e. The van der Waals surface area contributed by atoms with Crippen LogP contribution in [0.4, 0.5) is 27.6 Å².